The average molecular weight is 398 g/mol. The van der Waals surface area contributed by atoms with Gasteiger partial charge in [-0.25, -0.2) is 0 Å². The van der Waals surface area contributed by atoms with Crippen molar-refractivity contribution in [3.63, 3.8) is 0 Å². The summed E-state index contributed by atoms with van der Waals surface area (Å²) in [6.07, 6.45) is 0.981. The van der Waals surface area contributed by atoms with Gasteiger partial charge in [-0.1, -0.05) is 43.0 Å². The zero-order chi connectivity index (χ0) is 19.9. The number of rotatable bonds is 8. The van der Waals surface area contributed by atoms with Crippen LogP contribution in [0.3, 0.4) is 0 Å². The third-order valence-corrected chi connectivity index (χ3v) is 5.22. The fourth-order valence-corrected chi connectivity index (χ4v) is 3.25. The first-order valence-electron chi connectivity index (χ1n) is 9.09. The van der Waals surface area contributed by atoms with Gasteiger partial charge in [0.25, 0.3) is 5.22 Å². The van der Waals surface area contributed by atoms with Gasteiger partial charge in [0.1, 0.15) is 5.75 Å². The Balaban J connectivity index is 1.54. The van der Waals surface area contributed by atoms with Crippen molar-refractivity contribution >= 4 is 17.7 Å². The van der Waals surface area contributed by atoms with E-state index in [0.29, 0.717) is 17.7 Å². The monoisotopic (exact) mass is 397 g/mol. The number of carbonyl (C=O) groups is 1. The first-order chi connectivity index (χ1) is 13.6. The number of carbonyl (C=O) groups excluding carboxylic acids is 1. The first kappa shape index (κ1) is 19.9. The van der Waals surface area contributed by atoms with E-state index in [4.69, 9.17) is 9.15 Å². The molecule has 0 aliphatic carbocycles. The molecule has 6 nitrogen and oxygen atoms in total. The quantitative estimate of drug-likeness (QED) is 0.577. The van der Waals surface area contributed by atoms with Crippen molar-refractivity contribution in [2.75, 3.05) is 7.11 Å². The van der Waals surface area contributed by atoms with Gasteiger partial charge in [0.15, 0.2) is 0 Å². The molecule has 0 aliphatic heterocycles. The summed E-state index contributed by atoms with van der Waals surface area (Å²) in [5, 5.41) is 11.1. The Morgan fingerprint density at radius 1 is 1.11 bits per heavy atom. The summed E-state index contributed by atoms with van der Waals surface area (Å²) in [4.78, 5) is 12.3. The average Bonchev–Trinajstić information content (AvgIpc) is 3.20. The summed E-state index contributed by atoms with van der Waals surface area (Å²) in [6.45, 7) is 4.37. The van der Waals surface area contributed by atoms with Gasteiger partial charge >= 0.3 is 0 Å². The molecule has 7 heteroatoms. The molecule has 0 bridgehead atoms. The summed E-state index contributed by atoms with van der Waals surface area (Å²) in [6, 6.07) is 15.6. The lowest BCUT2D eigenvalue weighted by Gasteiger charge is -2.10. The summed E-state index contributed by atoms with van der Waals surface area (Å²) in [5.74, 6) is 1.15. The number of aromatic nitrogens is 2. The van der Waals surface area contributed by atoms with Crippen molar-refractivity contribution in [2.45, 2.75) is 37.3 Å². The van der Waals surface area contributed by atoms with Gasteiger partial charge in [-0.15, -0.1) is 10.2 Å². The highest BCUT2D eigenvalue weighted by atomic mass is 32.2. The maximum absolute atomic E-state index is 12.3. The molecule has 2 aromatic carbocycles. The fourth-order valence-electron chi connectivity index (χ4n) is 2.54. The van der Waals surface area contributed by atoms with Crippen LogP contribution in [0.2, 0.25) is 0 Å². The molecule has 0 saturated carbocycles. The van der Waals surface area contributed by atoms with Gasteiger partial charge in [-0.2, -0.15) is 0 Å². The van der Waals surface area contributed by atoms with Crippen LogP contribution in [0.1, 0.15) is 25.0 Å². The number of amides is 1. The molecular weight excluding hydrogens is 374 g/mol. The molecule has 1 atom stereocenters. The minimum absolute atomic E-state index is 0.0899. The summed E-state index contributed by atoms with van der Waals surface area (Å²) in [7, 11) is 1.62. The van der Waals surface area contributed by atoms with E-state index in [1.54, 1.807) is 7.11 Å². The molecule has 1 amide bonds. The van der Waals surface area contributed by atoms with Crippen LogP contribution in [-0.4, -0.2) is 28.5 Å². The third-order valence-electron chi connectivity index (χ3n) is 4.29. The van der Waals surface area contributed by atoms with Crippen LogP contribution in [0.4, 0.5) is 0 Å². The normalized spacial score (nSPS) is 11.8. The molecule has 3 rings (SSSR count). The highest BCUT2D eigenvalue weighted by Crippen LogP contribution is 2.26. The molecule has 1 unspecified atom stereocenters. The standard InChI is InChI=1S/C21H23N3O3S/c1-4-15-5-9-17(10-6-15)20-23-24-21(27-20)28-14(2)19(25)22-13-16-7-11-18(26-3)12-8-16/h5-12,14H,4,13H2,1-3H3,(H,22,25). The Labute approximate surface area is 168 Å². The SMILES string of the molecule is CCc1ccc(-c2nnc(SC(C)C(=O)NCc3ccc(OC)cc3)o2)cc1. The predicted molar refractivity (Wildman–Crippen MR) is 109 cm³/mol. The summed E-state index contributed by atoms with van der Waals surface area (Å²) in [5.41, 5.74) is 3.12. The van der Waals surface area contributed by atoms with Crippen LogP contribution in [0.5, 0.6) is 5.75 Å². The minimum Gasteiger partial charge on any atom is -0.497 e. The Hall–Kier alpha value is -2.80. The van der Waals surface area contributed by atoms with Crippen molar-refractivity contribution < 1.29 is 13.9 Å². The van der Waals surface area contributed by atoms with Crippen LogP contribution < -0.4 is 10.1 Å². The smallest absolute Gasteiger partial charge is 0.277 e. The Kier molecular flexibility index (Phi) is 6.71. The van der Waals surface area contributed by atoms with Crippen LogP contribution in [0.25, 0.3) is 11.5 Å². The third kappa shape index (κ3) is 5.13. The zero-order valence-corrected chi connectivity index (χ0v) is 17.0. The topological polar surface area (TPSA) is 77.2 Å². The molecule has 1 heterocycles. The number of hydrogen-bond donors (Lipinski definition) is 1. The summed E-state index contributed by atoms with van der Waals surface area (Å²) < 4.78 is 10.8. The maximum Gasteiger partial charge on any atom is 0.277 e. The maximum atomic E-state index is 12.3. The second-order valence-electron chi connectivity index (χ2n) is 6.25. The van der Waals surface area contributed by atoms with Gasteiger partial charge < -0.3 is 14.5 Å². The van der Waals surface area contributed by atoms with Gasteiger partial charge in [0.05, 0.1) is 12.4 Å². The molecule has 0 saturated heterocycles. The zero-order valence-electron chi connectivity index (χ0n) is 16.1. The van der Waals surface area contributed by atoms with Crippen LogP contribution in [0.15, 0.2) is 58.2 Å². The lowest BCUT2D eigenvalue weighted by molar-refractivity contribution is -0.120. The van der Waals surface area contributed by atoms with Gasteiger partial charge in [0, 0.05) is 12.1 Å². The highest BCUT2D eigenvalue weighted by molar-refractivity contribution is 8.00. The van der Waals surface area contributed by atoms with E-state index in [1.165, 1.54) is 17.3 Å². The number of aryl methyl sites for hydroxylation is 1. The molecule has 146 valence electrons. The second kappa shape index (κ2) is 9.41. The van der Waals surface area contributed by atoms with Crippen LogP contribution >= 0.6 is 11.8 Å². The van der Waals surface area contributed by atoms with E-state index < -0.39 is 0 Å². The molecular formula is C21H23N3O3S. The fraction of sp³-hybridized carbons (Fsp3) is 0.286. The van der Waals surface area contributed by atoms with Crippen molar-refractivity contribution in [3.05, 3.63) is 59.7 Å². The van der Waals surface area contributed by atoms with Crippen molar-refractivity contribution in [1.82, 2.24) is 15.5 Å². The summed E-state index contributed by atoms with van der Waals surface area (Å²) >= 11 is 1.24. The van der Waals surface area contributed by atoms with Crippen molar-refractivity contribution in [3.8, 4) is 17.2 Å². The van der Waals surface area contributed by atoms with Crippen molar-refractivity contribution in [2.24, 2.45) is 0 Å². The largest absolute Gasteiger partial charge is 0.497 e. The number of nitrogens with one attached hydrogen (secondary N) is 1. The molecule has 0 radical (unpaired) electrons. The predicted octanol–water partition coefficient (Wildman–Crippen LogP) is 4.10. The lowest BCUT2D eigenvalue weighted by atomic mass is 10.1. The Morgan fingerprint density at radius 3 is 2.43 bits per heavy atom. The number of methoxy groups -OCH3 is 1. The van der Waals surface area contributed by atoms with E-state index in [1.807, 2.05) is 55.5 Å². The van der Waals surface area contributed by atoms with E-state index in [2.05, 4.69) is 22.4 Å². The van der Waals surface area contributed by atoms with Crippen molar-refractivity contribution in [1.29, 1.82) is 0 Å². The second-order valence-corrected chi connectivity index (χ2v) is 7.54. The van der Waals surface area contributed by atoms with Crippen LogP contribution in [0, 0.1) is 0 Å². The first-order valence-corrected chi connectivity index (χ1v) is 9.97. The number of thioether (sulfide) groups is 1. The number of hydrogen-bond acceptors (Lipinski definition) is 6. The Bertz CT molecular complexity index is 907. The highest BCUT2D eigenvalue weighted by Gasteiger charge is 2.18. The van der Waals surface area contributed by atoms with E-state index in [9.17, 15) is 4.79 Å². The molecule has 0 fully saturated rings. The van der Waals surface area contributed by atoms with E-state index in [-0.39, 0.29) is 11.2 Å². The van der Waals surface area contributed by atoms with Gasteiger partial charge in [-0.05, 0) is 48.7 Å². The van der Waals surface area contributed by atoms with Gasteiger partial charge in [0.2, 0.25) is 11.8 Å². The Morgan fingerprint density at radius 2 is 1.79 bits per heavy atom. The molecule has 3 aromatic rings. The van der Waals surface area contributed by atoms with Crippen LogP contribution in [-0.2, 0) is 17.8 Å². The molecule has 1 aromatic heterocycles. The van der Waals surface area contributed by atoms with E-state index in [0.717, 1.165) is 23.3 Å². The molecule has 0 spiro atoms. The van der Waals surface area contributed by atoms with Gasteiger partial charge in [-0.3, -0.25) is 4.79 Å². The number of nitrogens with zero attached hydrogens (tertiary/aromatic N) is 2. The molecule has 28 heavy (non-hydrogen) atoms. The minimum atomic E-state index is -0.353. The molecule has 1 N–H and O–H groups in total. The van der Waals surface area contributed by atoms with E-state index >= 15 is 0 Å². The number of ether oxygens (including phenoxy) is 1. The number of benzene rings is 2. The lowest BCUT2D eigenvalue weighted by Crippen LogP contribution is -2.30. The molecule has 0 aliphatic rings.